The second kappa shape index (κ2) is 8.50. The van der Waals surface area contributed by atoms with Crippen molar-refractivity contribution in [1.82, 2.24) is 4.98 Å². The highest BCUT2D eigenvalue weighted by Gasteiger charge is 2.22. The third-order valence-corrected chi connectivity index (χ3v) is 6.87. The summed E-state index contributed by atoms with van der Waals surface area (Å²) in [4.78, 5) is 17.1. The number of benzene rings is 2. The molecule has 0 fully saturated rings. The van der Waals surface area contributed by atoms with Gasteiger partial charge in [0.15, 0.2) is 15.6 Å². The first-order valence-electron chi connectivity index (χ1n) is 9.25. The van der Waals surface area contributed by atoms with Crippen LogP contribution in [0.5, 0.6) is 0 Å². The molecule has 3 rings (SSSR count). The molecule has 4 nitrogen and oxygen atoms in total. The van der Waals surface area contributed by atoms with Crippen molar-refractivity contribution in [2.75, 3.05) is 0 Å². The Morgan fingerprint density at radius 2 is 1.63 bits per heavy atom. The van der Waals surface area contributed by atoms with Crippen molar-refractivity contribution in [2.24, 2.45) is 0 Å². The van der Waals surface area contributed by atoms with E-state index in [0.717, 1.165) is 5.56 Å². The molecule has 0 unspecified atom stereocenters. The summed E-state index contributed by atoms with van der Waals surface area (Å²) in [5.74, 6) is -0.684. The van der Waals surface area contributed by atoms with Crippen LogP contribution in [0.15, 0.2) is 65.7 Å². The maximum Gasteiger partial charge on any atom is 0.194 e. The SMILES string of the molecule is CC(C)(C)c1ccc(S(=O)(=O)Cc2ccc(Cl)cc2C(=O)c2ccc(Cl)nc2)cc1. The topological polar surface area (TPSA) is 64.1 Å². The van der Waals surface area contributed by atoms with Crippen LogP contribution in [0.4, 0.5) is 0 Å². The minimum atomic E-state index is -3.67. The summed E-state index contributed by atoms with van der Waals surface area (Å²) in [7, 11) is -3.67. The number of sulfone groups is 1. The fourth-order valence-corrected chi connectivity index (χ4v) is 4.66. The number of pyridine rings is 1. The fourth-order valence-electron chi connectivity index (χ4n) is 3.00. The Bertz CT molecular complexity index is 1180. The van der Waals surface area contributed by atoms with Crippen molar-refractivity contribution >= 4 is 38.8 Å². The largest absolute Gasteiger partial charge is 0.289 e. The van der Waals surface area contributed by atoms with Gasteiger partial charge in [0.1, 0.15) is 5.15 Å². The Kier molecular flexibility index (Phi) is 6.37. The third-order valence-electron chi connectivity index (χ3n) is 4.73. The number of carbonyl (C=O) groups excluding carboxylic acids is 1. The van der Waals surface area contributed by atoms with Gasteiger partial charge in [-0.25, -0.2) is 13.4 Å². The highest BCUT2D eigenvalue weighted by molar-refractivity contribution is 7.90. The molecule has 2 aromatic carbocycles. The maximum atomic E-state index is 13.0. The van der Waals surface area contributed by atoms with Gasteiger partial charge in [-0.2, -0.15) is 0 Å². The standard InChI is InChI=1S/C23H21Cl2NO3S/c1-23(2,3)17-6-9-19(10-7-17)30(28,29)14-16-4-8-18(24)12-20(16)22(27)15-5-11-21(25)26-13-15/h4-13H,14H2,1-3H3. The van der Waals surface area contributed by atoms with Gasteiger partial charge in [0.25, 0.3) is 0 Å². The van der Waals surface area contributed by atoms with Crippen LogP contribution in [-0.4, -0.2) is 19.2 Å². The van der Waals surface area contributed by atoms with E-state index in [0.29, 0.717) is 16.1 Å². The fraction of sp³-hybridized carbons (Fsp3) is 0.217. The maximum absolute atomic E-state index is 13.0. The van der Waals surface area contributed by atoms with Crippen LogP contribution in [0.25, 0.3) is 0 Å². The zero-order valence-corrected chi connectivity index (χ0v) is 19.1. The molecule has 3 aromatic rings. The Hall–Kier alpha value is -2.21. The number of ketones is 1. The van der Waals surface area contributed by atoms with Crippen molar-refractivity contribution in [2.45, 2.75) is 36.8 Å². The lowest BCUT2D eigenvalue weighted by Gasteiger charge is -2.19. The highest BCUT2D eigenvalue weighted by Crippen LogP contribution is 2.27. The number of rotatable bonds is 5. The van der Waals surface area contributed by atoms with Crippen LogP contribution in [0, 0.1) is 0 Å². The van der Waals surface area contributed by atoms with Gasteiger partial charge in [0.05, 0.1) is 10.6 Å². The van der Waals surface area contributed by atoms with E-state index < -0.39 is 9.84 Å². The van der Waals surface area contributed by atoms with E-state index >= 15 is 0 Å². The van der Waals surface area contributed by atoms with Gasteiger partial charge < -0.3 is 0 Å². The van der Waals surface area contributed by atoms with Crippen LogP contribution >= 0.6 is 23.2 Å². The van der Waals surface area contributed by atoms with Gasteiger partial charge in [0, 0.05) is 22.3 Å². The van der Waals surface area contributed by atoms with Crippen LogP contribution < -0.4 is 0 Å². The first-order chi connectivity index (χ1) is 14.0. The number of carbonyl (C=O) groups is 1. The quantitative estimate of drug-likeness (QED) is 0.350. The Balaban J connectivity index is 1.96. The summed E-state index contributed by atoms with van der Waals surface area (Å²) in [5.41, 5.74) is 1.86. The summed E-state index contributed by atoms with van der Waals surface area (Å²) in [6, 6.07) is 14.5. The van der Waals surface area contributed by atoms with Gasteiger partial charge in [-0.3, -0.25) is 4.79 Å². The van der Waals surface area contributed by atoms with Gasteiger partial charge in [-0.1, -0.05) is 62.2 Å². The summed E-state index contributed by atoms with van der Waals surface area (Å²) >= 11 is 11.9. The molecule has 156 valence electrons. The first kappa shape index (κ1) is 22.5. The molecule has 30 heavy (non-hydrogen) atoms. The number of aromatic nitrogens is 1. The first-order valence-corrected chi connectivity index (χ1v) is 11.7. The average molecular weight is 462 g/mol. The minimum absolute atomic E-state index is 0.0787. The molecule has 0 saturated heterocycles. The minimum Gasteiger partial charge on any atom is -0.289 e. The van der Waals surface area contributed by atoms with Crippen molar-refractivity contribution < 1.29 is 13.2 Å². The molecule has 0 aliphatic heterocycles. The predicted molar refractivity (Wildman–Crippen MR) is 120 cm³/mol. The molecule has 0 bridgehead atoms. The Labute approximate surface area is 186 Å². The second-order valence-electron chi connectivity index (χ2n) is 8.03. The van der Waals surface area contributed by atoms with Crippen molar-refractivity contribution in [3.8, 4) is 0 Å². The summed E-state index contributed by atoms with van der Waals surface area (Å²) < 4.78 is 26.1. The molecule has 0 radical (unpaired) electrons. The smallest absolute Gasteiger partial charge is 0.194 e. The molecule has 1 heterocycles. The Morgan fingerprint density at radius 1 is 0.967 bits per heavy atom. The van der Waals surface area contributed by atoms with Gasteiger partial charge in [-0.15, -0.1) is 0 Å². The monoisotopic (exact) mass is 461 g/mol. The number of hydrogen-bond donors (Lipinski definition) is 0. The van der Waals surface area contributed by atoms with E-state index in [1.54, 1.807) is 30.3 Å². The zero-order valence-electron chi connectivity index (χ0n) is 16.8. The lowest BCUT2D eigenvalue weighted by atomic mass is 9.87. The molecule has 0 N–H and O–H groups in total. The molecule has 0 saturated carbocycles. The van der Waals surface area contributed by atoms with E-state index in [9.17, 15) is 13.2 Å². The van der Waals surface area contributed by atoms with Gasteiger partial charge in [0.2, 0.25) is 0 Å². The predicted octanol–water partition coefficient (Wildman–Crippen LogP) is 5.89. The molecule has 7 heteroatoms. The Morgan fingerprint density at radius 3 is 2.20 bits per heavy atom. The molecule has 1 aromatic heterocycles. The molecule has 0 aliphatic rings. The molecular formula is C23H21Cl2NO3S. The van der Waals surface area contributed by atoms with Crippen molar-refractivity contribution in [1.29, 1.82) is 0 Å². The number of nitrogens with zero attached hydrogens (tertiary/aromatic N) is 1. The van der Waals surface area contributed by atoms with E-state index in [1.165, 1.54) is 18.3 Å². The van der Waals surface area contributed by atoms with Crippen LogP contribution in [0.3, 0.4) is 0 Å². The van der Waals surface area contributed by atoms with E-state index in [4.69, 9.17) is 23.2 Å². The summed E-state index contributed by atoms with van der Waals surface area (Å²) in [6.07, 6.45) is 1.36. The normalized spacial score (nSPS) is 12.0. The van der Waals surface area contributed by atoms with Crippen LogP contribution in [-0.2, 0) is 21.0 Å². The summed E-state index contributed by atoms with van der Waals surface area (Å²) in [5, 5.41) is 0.607. The number of hydrogen-bond acceptors (Lipinski definition) is 4. The molecular weight excluding hydrogens is 441 g/mol. The molecule has 0 spiro atoms. The molecule has 0 atom stereocenters. The third kappa shape index (κ3) is 5.09. The van der Waals surface area contributed by atoms with Crippen LogP contribution in [0.2, 0.25) is 10.2 Å². The molecule has 0 aliphatic carbocycles. The van der Waals surface area contributed by atoms with Crippen LogP contribution in [0.1, 0.15) is 47.8 Å². The second-order valence-corrected chi connectivity index (χ2v) is 10.8. The lowest BCUT2D eigenvalue weighted by Crippen LogP contribution is -2.13. The average Bonchev–Trinajstić information content (AvgIpc) is 2.69. The van der Waals surface area contributed by atoms with Gasteiger partial charge >= 0.3 is 0 Å². The van der Waals surface area contributed by atoms with Crippen molar-refractivity contribution in [3.63, 3.8) is 0 Å². The van der Waals surface area contributed by atoms with Gasteiger partial charge in [-0.05, 0) is 52.9 Å². The lowest BCUT2D eigenvalue weighted by molar-refractivity contribution is 0.103. The zero-order chi connectivity index (χ0) is 22.1. The molecule has 0 amide bonds. The van der Waals surface area contributed by atoms with E-state index in [2.05, 4.69) is 25.8 Å². The summed E-state index contributed by atoms with van der Waals surface area (Å²) in [6.45, 7) is 6.19. The van der Waals surface area contributed by atoms with Crippen molar-refractivity contribution in [3.05, 3.63) is 93.2 Å². The van der Waals surface area contributed by atoms with E-state index in [-0.39, 0.29) is 32.6 Å². The number of halogens is 2. The highest BCUT2D eigenvalue weighted by atomic mass is 35.5. The van der Waals surface area contributed by atoms with E-state index in [1.807, 2.05) is 12.1 Å².